The number of benzene rings is 1. The molecule has 25 heavy (non-hydrogen) atoms. The van der Waals surface area contributed by atoms with Crippen LogP contribution >= 0.6 is 0 Å². The molecule has 1 saturated heterocycles. The van der Waals surface area contributed by atoms with Gasteiger partial charge in [0.15, 0.2) is 0 Å². The standard InChI is InChI=1S/C19H30N4O2/c1-19(2,3)17(20)18(25)23-11-9-22(10-12-23)14-16(24)21-13-15-7-5-4-6-8-15/h4-8,17H,9-14,20H2,1-3H3,(H,21,24)/t17-/m1/s1. The Labute approximate surface area is 150 Å². The predicted molar refractivity (Wildman–Crippen MR) is 98.7 cm³/mol. The zero-order valence-corrected chi connectivity index (χ0v) is 15.5. The van der Waals surface area contributed by atoms with Crippen LogP contribution in [0.1, 0.15) is 26.3 Å². The number of rotatable bonds is 5. The molecule has 0 aliphatic carbocycles. The van der Waals surface area contributed by atoms with Crippen molar-refractivity contribution in [1.82, 2.24) is 15.1 Å². The summed E-state index contributed by atoms with van der Waals surface area (Å²) in [5, 5.41) is 2.94. The van der Waals surface area contributed by atoms with Gasteiger partial charge in [0.2, 0.25) is 11.8 Å². The highest BCUT2D eigenvalue weighted by Crippen LogP contribution is 2.19. The lowest BCUT2D eigenvalue weighted by Crippen LogP contribution is -2.57. The number of hydrogen-bond acceptors (Lipinski definition) is 4. The lowest BCUT2D eigenvalue weighted by molar-refractivity contribution is -0.136. The van der Waals surface area contributed by atoms with Crippen LogP contribution in [0.15, 0.2) is 30.3 Å². The summed E-state index contributed by atoms with van der Waals surface area (Å²) >= 11 is 0. The van der Waals surface area contributed by atoms with Gasteiger partial charge in [-0.2, -0.15) is 0 Å². The molecule has 6 nitrogen and oxygen atoms in total. The number of carbonyl (C=O) groups is 2. The molecule has 2 amide bonds. The summed E-state index contributed by atoms with van der Waals surface area (Å²) in [5.74, 6) is 0.00991. The van der Waals surface area contributed by atoms with Gasteiger partial charge in [-0.15, -0.1) is 0 Å². The molecule has 138 valence electrons. The van der Waals surface area contributed by atoms with E-state index in [4.69, 9.17) is 5.73 Å². The van der Waals surface area contributed by atoms with Crippen LogP contribution in [0, 0.1) is 5.41 Å². The molecule has 1 aromatic carbocycles. The Morgan fingerprint density at radius 1 is 1.12 bits per heavy atom. The van der Waals surface area contributed by atoms with Gasteiger partial charge in [-0.05, 0) is 11.0 Å². The molecule has 0 unspecified atom stereocenters. The topological polar surface area (TPSA) is 78.7 Å². The minimum absolute atomic E-state index is 0.000629. The van der Waals surface area contributed by atoms with Gasteiger partial charge >= 0.3 is 0 Å². The van der Waals surface area contributed by atoms with Crippen LogP contribution in [0.4, 0.5) is 0 Å². The number of carbonyl (C=O) groups excluding carboxylic acids is 2. The van der Waals surface area contributed by atoms with Crippen molar-refractivity contribution in [3.63, 3.8) is 0 Å². The van der Waals surface area contributed by atoms with Gasteiger partial charge in [-0.25, -0.2) is 0 Å². The number of nitrogens with zero attached hydrogens (tertiary/aromatic N) is 2. The molecule has 2 rings (SSSR count). The van der Waals surface area contributed by atoms with Crippen LogP contribution in [-0.2, 0) is 16.1 Å². The number of piperazine rings is 1. The Morgan fingerprint density at radius 3 is 2.28 bits per heavy atom. The first-order valence-corrected chi connectivity index (χ1v) is 8.85. The summed E-state index contributed by atoms with van der Waals surface area (Å²) < 4.78 is 0. The molecule has 1 aromatic rings. The van der Waals surface area contributed by atoms with Gasteiger partial charge in [0.1, 0.15) is 0 Å². The van der Waals surface area contributed by atoms with Crippen LogP contribution in [0.5, 0.6) is 0 Å². The first-order valence-electron chi connectivity index (χ1n) is 8.85. The third kappa shape index (κ3) is 5.83. The van der Waals surface area contributed by atoms with Gasteiger partial charge in [-0.1, -0.05) is 51.1 Å². The van der Waals surface area contributed by atoms with Crippen LogP contribution in [0.25, 0.3) is 0 Å². The molecule has 1 atom stereocenters. The van der Waals surface area contributed by atoms with Crippen molar-refractivity contribution in [2.24, 2.45) is 11.1 Å². The van der Waals surface area contributed by atoms with Crippen molar-refractivity contribution in [2.75, 3.05) is 32.7 Å². The zero-order chi connectivity index (χ0) is 18.4. The van der Waals surface area contributed by atoms with E-state index in [9.17, 15) is 9.59 Å². The highest BCUT2D eigenvalue weighted by atomic mass is 16.2. The quantitative estimate of drug-likeness (QED) is 0.827. The summed E-state index contributed by atoms with van der Waals surface area (Å²) in [5.41, 5.74) is 6.91. The molecular weight excluding hydrogens is 316 g/mol. The van der Waals surface area contributed by atoms with Crippen LogP contribution in [0.2, 0.25) is 0 Å². The SMILES string of the molecule is CC(C)(C)[C@H](N)C(=O)N1CCN(CC(=O)NCc2ccccc2)CC1. The molecule has 0 aromatic heterocycles. The maximum absolute atomic E-state index is 12.4. The average molecular weight is 346 g/mol. The monoisotopic (exact) mass is 346 g/mol. The fourth-order valence-electron chi connectivity index (χ4n) is 2.75. The molecule has 3 N–H and O–H groups in total. The summed E-state index contributed by atoms with van der Waals surface area (Å²) in [7, 11) is 0. The zero-order valence-electron chi connectivity index (χ0n) is 15.5. The lowest BCUT2D eigenvalue weighted by Gasteiger charge is -2.37. The first kappa shape index (κ1) is 19.4. The minimum atomic E-state index is -0.492. The number of nitrogens with two attached hydrogens (primary N) is 1. The van der Waals surface area contributed by atoms with E-state index in [-0.39, 0.29) is 17.2 Å². The van der Waals surface area contributed by atoms with E-state index in [0.717, 1.165) is 5.56 Å². The van der Waals surface area contributed by atoms with E-state index in [1.807, 2.05) is 56.0 Å². The lowest BCUT2D eigenvalue weighted by atomic mass is 9.86. The molecule has 0 bridgehead atoms. The predicted octanol–water partition coefficient (Wildman–Crippen LogP) is 0.820. The van der Waals surface area contributed by atoms with Crippen LogP contribution < -0.4 is 11.1 Å². The van der Waals surface area contributed by atoms with Crippen molar-refractivity contribution in [2.45, 2.75) is 33.4 Å². The molecule has 6 heteroatoms. The van der Waals surface area contributed by atoms with E-state index < -0.39 is 6.04 Å². The second-order valence-electron chi connectivity index (χ2n) is 7.71. The summed E-state index contributed by atoms with van der Waals surface area (Å²) in [6.07, 6.45) is 0. The van der Waals surface area contributed by atoms with Crippen LogP contribution in [-0.4, -0.2) is 60.4 Å². The maximum atomic E-state index is 12.4. The third-order valence-electron chi connectivity index (χ3n) is 4.58. The highest BCUT2D eigenvalue weighted by Gasteiger charge is 2.32. The van der Waals surface area contributed by atoms with Gasteiger partial charge in [0.25, 0.3) is 0 Å². The van der Waals surface area contributed by atoms with E-state index in [1.54, 1.807) is 0 Å². The molecule has 1 aliphatic rings. The van der Waals surface area contributed by atoms with Crippen molar-refractivity contribution >= 4 is 11.8 Å². The Kier molecular flexibility index (Phi) is 6.56. The largest absolute Gasteiger partial charge is 0.351 e. The Balaban J connectivity index is 1.73. The van der Waals surface area contributed by atoms with Crippen molar-refractivity contribution in [3.05, 3.63) is 35.9 Å². The van der Waals surface area contributed by atoms with E-state index in [1.165, 1.54) is 0 Å². The molecule has 1 fully saturated rings. The number of amides is 2. The van der Waals surface area contributed by atoms with Crippen LogP contribution in [0.3, 0.4) is 0 Å². The van der Waals surface area contributed by atoms with E-state index in [0.29, 0.717) is 39.3 Å². The minimum Gasteiger partial charge on any atom is -0.351 e. The van der Waals surface area contributed by atoms with Gasteiger partial charge < -0.3 is 16.0 Å². The maximum Gasteiger partial charge on any atom is 0.240 e. The smallest absolute Gasteiger partial charge is 0.240 e. The normalized spacial score (nSPS) is 17.2. The van der Waals surface area contributed by atoms with E-state index >= 15 is 0 Å². The Hall–Kier alpha value is -1.92. The fourth-order valence-corrected chi connectivity index (χ4v) is 2.75. The Morgan fingerprint density at radius 2 is 1.72 bits per heavy atom. The molecule has 0 saturated carbocycles. The van der Waals surface area contributed by atoms with Crippen molar-refractivity contribution in [3.8, 4) is 0 Å². The Bertz CT molecular complexity index is 575. The van der Waals surface area contributed by atoms with E-state index in [2.05, 4.69) is 10.2 Å². The number of nitrogens with one attached hydrogen (secondary N) is 1. The average Bonchev–Trinajstić information content (AvgIpc) is 2.59. The highest BCUT2D eigenvalue weighted by molar-refractivity contribution is 5.82. The molecular formula is C19H30N4O2. The second-order valence-corrected chi connectivity index (χ2v) is 7.71. The first-order chi connectivity index (χ1) is 11.8. The summed E-state index contributed by atoms with van der Waals surface area (Å²) in [6, 6.07) is 9.36. The molecule has 1 aliphatic heterocycles. The molecule has 0 spiro atoms. The fraction of sp³-hybridized carbons (Fsp3) is 0.579. The summed E-state index contributed by atoms with van der Waals surface area (Å²) in [4.78, 5) is 28.4. The van der Waals surface area contributed by atoms with Crippen molar-refractivity contribution < 1.29 is 9.59 Å². The molecule has 1 heterocycles. The number of hydrogen-bond donors (Lipinski definition) is 2. The second kappa shape index (κ2) is 8.45. The van der Waals surface area contributed by atoms with Crippen molar-refractivity contribution in [1.29, 1.82) is 0 Å². The molecule has 0 radical (unpaired) electrons. The van der Waals surface area contributed by atoms with Gasteiger partial charge in [0, 0.05) is 32.7 Å². The van der Waals surface area contributed by atoms with Gasteiger partial charge in [-0.3, -0.25) is 14.5 Å². The third-order valence-corrected chi connectivity index (χ3v) is 4.58. The summed E-state index contributed by atoms with van der Waals surface area (Å²) in [6.45, 7) is 9.46. The van der Waals surface area contributed by atoms with Gasteiger partial charge in [0.05, 0.1) is 12.6 Å².